The number of fused-ring (bicyclic) bond motifs is 1. The van der Waals surface area contributed by atoms with Crippen LogP contribution >= 0.6 is 0 Å². The van der Waals surface area contributed by atoms with Crippen LogP contribution in [0.2, 0.25) is 0 Å². The number of carbonyl (C=O) groups is 2. The first-order chi connectivity index (χ1) is 22.5. The molecule has 5 N–H and O–H groups in total. The van der Waals surface area contributed by atoms with Gasteiger partial charge in [-0.05, 0) is 41.3 Å². The first-order valence-corrected chi connectivity index (χ1v) is 15.1. The Bertz CT molecular complexity index is 1820. The number of aliphatic carboxylic acids is 1. The summed E-state index contributed by atoms with van der Waals surface area (Å²) >= 11 is 0. The lowest BCUT2D eigenvalue weighted by Gasteiger charge is -2.38. The minimum absolute atomic E-state index is 0.153. The number of carboxylic acid groups (broad SMARTS) is 1. The highest BCUT2D eigenvalue weighted by Gasteiger charge is 2.39. The van der Waals surface area contributed by atoms with Crippen LogP contribution in [0.3, 0.4) is 0 Å². The van der Waals surface area contributed by atoms with Gasteiger partial charge in [0.05, 0.1) is 11.7 Å². The molecule has 0 unspecified atom stereocenters. The summed E-state index contributed by atoms with van der Waals surface area (Å²) in [5.74, 6) is -0.804. The second-order valence-corrected chi connectivity index (χ2v) is 11.0. The van der Waals surface area contributed by atoms with E-state index in [1.165, 1.54) is 0 Å². The molecule has 0 saturated carbocycles. The number of rotatable bonds is 13. The molecule has 232 valence electrons. The molecule has 0 fully saturated rings. The molecule has 1 atom stereocenters. The average Bonchev–Trinajstić information content (AvgIpc) is 3.74. The molecule has 0 bridgehead atoms. The second-order valence-electron chi connectivity index (χ2n) is 11.0. The molecule has 0 radical (unpaired) electrons. The van der Waals surface area contributed by atoms with Crippen molar-refractivity contribution in [1.29, 1.82) is 0 Å². The number of carboxylic acids is 1. The van der Waals surface area contributed by atoms with Crippen LogP contribution in [0.15, 0.2) is 128 Å². The summed E-state index contributed by atoms with van der Waals surface area (Å²) in [7, 11) is 0. The number of hydrogen-bond donors (Lipinski definition) is 4. The van der Waals surface area contributed by atoms with Gasteiger partial charge in [0.1, 0.15) is 11.6 Å². The highest BCUT2D eigenvalue weighted by atomic mass is 16.4. The van der Waals surface area contributed by atoms with Crippen molar-refractivity contribution >= 4 is 28.7 Å². The number of anilines is 1. The van der Waals surface area contributed by atoms with E-state index in [4.69, 9.17) is 15.8 Å². The van der Waals surface area contributed by atoms with Crippen molar-refractivity contribution in [2.45, 2.75) is 24.5 Å². The molecule has 0 saturated heterocycles. The van der Waals surface area contributed by atoms with Gasteiger partial charge >= 0.3 is 5.97 Å². The number of nitrogens with zero attached hydrogens (tertiary/aromatic N) is 4. The molecule has 4 aromatic carbocycles. The van der Waals surface area contributed by atoms with Crippen LogP contribution in [0.25, 0.3) is 10.9 Å². The summed E-state index contributed by atoms with van der Waals surface area (Å²) in [4.78, 5) is 28.2. The Morgan fingerprint density at radius 3 is 2.07 bits per heavy atom. The van der Waals surface area contributed by atoms with E-state index in [9.17, 15) is 9.59 Å². The number of amides is 1. The van der Waals surface area contributed by atoms with Crippen LogP contribution in [0.4, 0.5) is 5.95 Å². The zero-order valence-electron chi connectivity index (χ0n) is 25.2. The highest BCUT2D eigenvalue weighted by molar-refractivity contribution is 5.98. The normalized spacial score (nSPS) is 12.1. The summed E-state index contributed by atoms with van der Waals surface area (Å²) in [6.45, 7) is 1.15. The lowest BCUT2D eigenvalue weighted by atomic mass is 9.76. The number of carbonyl (C=O) groups excluding carboxylic acids is 1. The Balaban J connectivity index is 1.21. The SMILES string of the molecule is N[C@@H](CNC(=O)c1ccc2c(cnn2CCCNc2nccn2C(c2ccccc2)(c2ccccc2)c2ccccc2)c1)C(=O)O. The van der Waals surface area contributed by atoms with E-state index in [2.05, 4.69) is 93.1 Å². The van der Waals surface area contributed by atoms with Crippen LogP contribution in [0, 0.1) is 0 Å². The maximum atomic E-state index is 12.5. The number of nitrogens with one attached hydrogen (secondary N) is 2. The zero-order chi connectivity index (χ0) is 31.9. The molecule has 0 aliphatic heterocycles. The quantitative estimate of drug-likeness (QED) is 0.109. The molecule has 0 aliphatic rings. The van der Waals surface area contributed by atoms with E-state index < -0.39 is 17.6 Å². The van der Waals surface area contributed by atoms with Crippen molar-refractivity contribution in [2.24, 2.45) is 5.73 Å². The van der Waals surface area contributed by atoms with Gasteiger partial charge in [-0.3, -0.25) is 18.8 Å². The van der Waals surface area contributed by atoms with Gasteiger partial charge in [0.15, 0.2) is 0 Å². The van der Waals surface area contributed by atoms with E-state index in [0.29, 0.717) is 18.7 Å². The summed E-state index contributed by atoms with van der Waals surface area (Å²) < 4.78 is 4.12. The number of benzene rings is 4. The number of aromatic nitrogens is 4. The predicted octanol–water partition coefficient (Wildman–Crippen LogP) is 4.72. The van der Waals surface area contributed by atoms with Gasteiger partial charge in [0.25, 0.3) is 5.91 Å². The molecular formula is C36H35N7O3. The Morgan fingerprint density at radius 2 is 1.48 bits per heavy atom. The zero-order valence-corrected chi connectivity index (χ0v) is 25.2. The lowest BCUT2D eigenvalue weighted by molar-refractivity contribution is -0.138. The van der Waals surface area contributed by atoms with Crippen LogP contribution < -0.4 is 16.4 Å². The van der Waals surface area contributed by atoms with Gasteiger partial charge in [0.2, 0.25) is 5.95 Å². The Kier molecular flexibility index (Phi) is 8.89. The topological polar surface area (TPSA) is 140 Å². The fourth-order valence-corrected chi connectivity index (χ4v) is 5.89. The number of hydrogen-bond acceptors (Lipinski definition) is 6. The van der Waals surface area contributed by atoms with Gasteiger partial charge in [-0.1, -0.05) is 91.0 Å². The molecule has 10 heteroatoms. The lowest BCUT2D eigenvalue weighted by Crippen LogP contribution is -2.42. The fourth-order valence-electron chi connectivity index (χ4n) is 5.89. The number of imidazole rings is 1. The van der Waals surface area contributed by atoms with Crippen LogP contribution in [0.5, 0.6) is 0 Å². The Morgan fingerprint density at radius 1 is 0.870 bits per heavy atom. The summed E-state index contributed by atoms with van der Waals surface area (Å²) in [6, 6.07) is 35.6. The van der Waals surface area contributed by atoms with E-state index in [0.717, 1.165) is 40.0 Å². The van der Waals surface area contributed by atoms with Crippen LogP contribution in [-0.4, -0.2) is 55.4 Å². The summed E-state index contributed by atoms with van der Waals surface area (Å²) in [5, 5.41) is 20.4. The molecule has 0 spiro atoms. The molecule has 2 aromatic heterocycles. The fraction of sp³-hybridized carbons (Fsp3) is 0.167. The molecule has 0 aliphatic carbocycles. The maximum Gasteiger partial charge on any atom is 0.322 e. The highest BCUT2D eigenvalue weighted by Crippen LogP contribution is 2.42. The van der Waals surface area contributed by atoms with Gasteiger partial charge in [-0.2, -0.15) is 5.10 Å². The standard InChI is InChI=1S/C36H35N7O3/c37-31(34(45)46)25-40-33(44)26-17-18-32-27(23-26)24-41-43(32)21-10-19-38-35-39-20-22-42(35)36(28-11-4-1-5-12-28,29-13-6-2-7-14-29)30-15-8-3-9-16-30/h1-9,11-18,20,22-24,31H,10,19,21,25,37H2,(H,38,39)(H,40,44)(H,45,46)/t31-/m0/s1. The van der Waals surface area contributed by atoms with Gasteiger partial charge in [-0.15, -0.1) is 0 Å². The second kappa shape index (κ2) is 13.5. The maximum absolute atomic E-state index is 12.5. The van der Waals surface area contributed by atoms with Gasteiger partial charge < -0.3 is 21.5 Å². The van der Waals surface area contributed by atoms with Crippen molar-refractivity contribution in [3.05, 3.63) is 150 Å². The van der Waals surface area contributed by atoms with Crippen molar-refractivity contribution in [2.75, 3.05) is 18.4 Å². The third-order valence-corrected chi connectivity index (χ3v) is 8.11. The molecule has 46 heavy (non-hydrogen) atoms. The van der Waals surface area contributed by atoms with Crippen LogP contribution in [0.1, 0.15) is 33.5 Å². The molecular weight excluding hydrogens is 578 g/mol. The van der Waals surface area contributed by atoms with Crippen molar-refractivity contribution in [1.82, 2.24) is 24.6 Å². The monoisotopic (exact) mass is 613 g/mol. The van der Waals surface area contributed by atoms with Gasteiger partial charge in [0, 0.05) is 43.0 Å². The first kappa shape index (κ1) is 30.3. The largest absolute Gasteiger partial charge is 0.480 e. The third-order valence-electron chi connectivity index (χ3n) is 8.11. The molecule has 2 heterocycles. The smallest absolute Gasteiger partial charge is 0.322 e. The molecule has 10 nitrogen and oxygen atoms in total. The minimum Gasteiger partial charge on any atom is -0.480 e. The molecule has 1 amide bonds. The van der Waals surface area contributed by atoms with Crippen molar-refractivity contribution in [3.8, 4) is 0 Å². The number of aryl methyl sites for hydroxylation is 1. The van der Waals surface area contributed by atoms with E-state index in [1.54, 1.807) is 18.3 Å². The summed E-state index contributed by atoms with van der Waals surface area (Å²) in [6.07, 6.45) is 6.35. The average molecular weight is 614 g/mol. The Labute approximate surface area is 266 Å². The number of nitrogens with two attached hydrogens (primary N) is 1. The minimum atomic E-state index is -1.17. The predicted molar refractivity (Wildman–Crippen MR) is 178 cm³/mol. The molecule has 6 rings (SSSR count). The van der Waals surface area contributed by atoms with E-state index >= 15 is 0 Å². The first-order valence-electron chi connectivity index (χ1n) is 15.1. The molecule has 6 aromatic rings. The van der Waals surface area contributed by atoms with Crippen molar-refractivity contribution in [3.63, 3.8) is 0 Å². The summed E-state index contributed by atoms with van der Waals surface area (Å²) in [5.41, 5.74) is 9.51. The van der Waals surface area contributed by atoms with Crippen LogP contribution in [-0.2, 0) is 16.9 Å². The van der Waals surface area contributed by atoms with Gasteiger partial charge in [-0.25, -0.2) is 4.98 Å². The Hall–Kier alpha value is -5.74. The third kappa shape index (κ3) is 5.98. The van der Waals surface area contributed by atoms with E-state index in [-0.39, 0.29) is 12.5 Å². The van der Waals surface area contributed by atoms with Crippen molar-refractivity contribution < 1.29 is 14.7 Å². The van der Waals surface area contributed by atoms with E-state index in [1.807, 2.05) is 41.3 Å².